The van der Waals surface area contributed by atoms with Crippen molar-refractivity contribution in [1.29, 1.82) is 0 Å². The van der Waals surface area contributed by atoms with Gasteiger partial charge in [0.25, 0.3) is 6.43 Å². The van der Waals surface area contributed by atoms with E-state index in [-0.39, 0.29) is 17.1 Å². The van der Waals surface area contributed by atoms with Gasteiger partial charge in [0.1, 0.15) is 11.5 Å². The van der Waals surface area contributed by atoms with Gasteiger partial charge in [-0.25, -0.2) is 13.8 Å². The maximum absolute atomic E-state index is 13.0. The van der Waals surface area contributed by atoms with Crippen LogP contribution in [0.2, 0.25) is 0 Å². The average molecular weight is 377 g/mol. The Labute approximate surface area is 163 Å². The fourth-order valence-corrected chi connectivity index (χ4v) is 2.85. The highest BCUT2D eigenvalue weighted by atomic mass is 19.3. The molecule has 0 radical (unpaired) electrons. The number of hydrogen-bond donors (Lipinski definition) is 1. The lowest BCUT2D eigenvalue weighted by Crippen LogP contribution is -1.99. The number of anilines is 1. The van der Waals surface area contributed by atoms with Crippen LogP contribution in [0.4, 0.5) is 14.6 Å². The summed E-state index contributed by atoms with van der Waals surface area (Å²) in [7, 11) is 0. The van der Waals surface area contributed by atoms with Gasteiger partial charge in [-0.2, -0.15) is 0 Å². The molecule has 5 heteroatoms. The first-order valence-corrected chi connectivity index (χ1v) is 9.13. The minimum Gasteiger partial charge on any atom is -0.384 e. The first-order chi connectivity index (χ1) is 13.6. The molecule has 3 nitrogen and oxygen atoms in total. The lowest BCUT2D eigenvalue weighted by molar-refractivity contribution is 0.146. The third kappa shape index (κ3) is 5.62. The minimum absolute atomic E-state index is 0.0690. The van der Waals surface area contributed by atoms with Gasteiger partial charge < -0.3 is 5.73 Å². The molecule has 3 aromatic rings. The van der Waals surface area contributed by atoms with Crippen LogP contribution in [0.25, 0.3) is 0 Å². The van der Waals surface area contributed by atoms with Crippen molar-refractivity contribution >= 4 is 5.82 Å². The van der Waals surface area contributed by atoms with Gasteiger partial charge in [-0.05, 0) is 54.7 Å². The second-order valence-electron chi connectivity index (χ2n) is 6.44. The number of nitrogens with zero attached hydrogens (tertiary/aromatic N) is 2. The molecule has 2 aromatic heterocycles. The summed E-state index contributed by atoms with van der Waals surface area (Å²) < 4.78 is 26.0. The van der Waals surface area contributed by atoms with Gasteiger partial charge in [0, 0.05) is 18.3 Å². The van der Waals surface area contributed by atoms with Crippen molar-refractivity contribution in [2.45, 2.75) is 32.1 Å². The zero-order valence-electron chi connectivity index (χ0n) is 15.4. The molecule has 0 aliphatic heterocycles. The van der Waals surface area contributed by atoms with Gasteiger partial charge in [-0.3, -0.25) is 4.98 Å². The standard InChI is InChI=1S/C23H21F2N3/c24-23(25)22-19(14-15-21(26)28-22)7-3-5-17-10-12-18(13-11-17)6-4-9-20-8-1-2-16-27-20/h1-2,8,10-16,23H,4-6,9H2,(H2,26,28). The van der Waals surface area contributed by atoms with Gasteiger partial charge in [0.15, 0.2) is 0 Å². The number of nitrogen functional groups attached to an aromatic ring is 1. The number of aryl methyl sites for hydroxylation is 2. The monoisotopic (exact) mass is 377 g/mol. The Hall–Kier alpha value is -3.26. The van der Waals surface area contributed by atoms with Crippen LogP contribution in [0.5, 0.6) is 0 Å². The summed E-state index contributed by atoms with van der Waals surface area (Å²) >= 11 is 0. The zero-order chi connectivity index (χ0) is 19.8. The van der Waals surface area contributed by atoms with Gasteiger partial charge in [-0.1, -0.05) is 42.2 Å². The number of pyridine rings is 2. The van der Waals surface area contributed by atoms with Crippen molar-refractivity contribution in [3.8, 4) is 11.8 Å². The Kier molecular flexibility index (Phi) is 6.69. The van der Waals surface area contributed by atoms with Gasteiger partial charge in [0.2, 0.25) is 0 Å². The first kappa shape index (κ1) is 19.5. The average Bonchev–Trinajstić information content (AvgIpc) is 2.71. The fourth-order valence-electron chi connectivity index (χ4n) is 2.85. The van der Waals surface area contributed by atoms with Crippen LogP contribution in [0.3, 0.4) is 0 Å². The number of alkyl halides is 2. The molecule has 0 aliphatic carbocycles. The second kappa shape index (κ2) is 9.61. The van der Waals surface area contributed by atoms with Gasteiger partial charge >= 0.3 is 0 Å². The summed E-state index contributed by atoms with van der Waals surface area (Å²) in [5.74, 6) is 5.80. The molecule has 3 rings (SSSR count). The van der Waals surface area contributed by atoms with Crippen LogP contribution in [0.15, 0.2) is 60.8 Å². The number of hydrogen-bond acceptors (Lipinski definition) is 3. The lowest BCUT2D eigenvalue weighted by atomic mass is 10.0. The molecule has 142 valence electrons. The molecule has 0 atom stereocenters. The summed E-state index contributed by atoms with van der Waals surface area (Å²) in [6.45, 7) is 0. The SMILES string of the molecule is Nc1ccc(C#CCc2ccc(CCCc3ccccn3)cc2)c(C(F)F)n1. The molecular formula is C23H21F2N3. The van der Waals surface area contributed by atoms with E-state index in [9.17, 15) is 8.78 Å². The van der Waals surface area contributed by atoms with E-state index in [1.807, 2.05) is 36.5 Å². The molecule has 0 amide bonds. The van der Waals surface area contributed by atoms with Crippen molar-refractivity contribution in [2.24, 2.45) is 0 Å². The Balaban J connectivity index is 1.55. The number of benzene rings is 1. The molecule has 0 saturated carbocycles. The molecule has 0 aliphatic rings. The van der Waals surface area contributed by atoms with Crippen molar-refractivity contribution < 1.29 is 8.78 Å². The predicted molar refractivity (Wildman–Crippen MR) is 107 cm³/mol. The molecule has 0 unspecified atom stereocenters. The van der Waals surface area contributed by atoms with E-state index in [2.05, 4.69) is 33.9 Å². The van der Waals surface area contributed by atoms with Crippen molar-refractivity contribution in [3.63, 3.8) is 0 Å². The van der Waals surface area contributed by atoms with Crippen LogP contribution in [0, 0.1) is 11.8 Å². The quantitative estimate of drug-likeness (QED) is 0.630. The highest BCUT2D eigenvalue weighted by Crippen LogP contribution is 2.21. The summed E-state index contributed by atoms with van der Waals surface area (Å²) in [4.78, 5) is 8.01. The number of halogens is 2. The third-order valence-corrected chi connectivity index (χ3v) is 4.32. The summed E-state index contributed by atoms with van der Waals surface area (Å²) in [6.07, 6.45) is 2.58. The normalized spacial score (nSPS) is 10.5. The molecule has 0 bridgehead atoms. The van der Waals surface area contributed by atoms with Crippen LogP contribution in [-0.4, -0.2) is 9.97 Å². The summed E-state index contributed by atoms with van der Waals surface area (Å²) in [6, 6.07) is 17.2. The molecule has 0 spiro atoms. The third-order valence-electron chi connectivity index (χ3n) is 4.32. The number of nitrogens with two attached hydrogens (primary N) is 1. The van der Waals surface area contributed by atoms with E-state index in [4.69, 9.17) is 5.73 Å². The molecule has 1 aromatic carbocycles. The Morgan fingerprint density at radius 3 is 2.43 bits per heavy atom. The number of aromatic nitrogens is 2. The van der Waals surface area contributed by atoms with Crippen molar-refractivity contribution in [3.05, 3.63) is 88.9 Å². The fraction of sp³-hybridized carbons (Fsp3) is 0.217. The van der Waals surface area contributed by atoms with Gasteiger partial charge in [-0.15, -0.1) is 0 Å². The minimum atomic E-state index is -2.70. The van der Waals surface area contributed by atoms with Crippen LogP contribution >= 0.6 is 0 Å². The second-order valence-corrected chi connectivity index (χ2v) is 6.44. The van der Waals surface area contributed by atoms with Crippen LogP contribution in [0.1, 0.15) is 40.9 Å². The van der Waals surface area contributed by atoms with Crippen LogP contribution < -0.4 is 5.73 Å². The summed E-state index contributed by atoms with van der Waals surface area (Å²) in [5, 5.41) is 0. The van der Waals surface area contributed by atoms with E-state index in [0.717, 1.165) is 30.5 Å². The molecule has 2 heterocycles. The molecule has 0 fully saturated rings. The Bertz CT molecular complexity index is 959. The maximum atomic E-state index is 13.0. The maximum Gasteiger partial charge on any atom is 0.281 e. The van der Waals surface area contributed by atoms with Crippen molar-refractivity contribution in [1.82, 2.24) is 9.97 Å². The number of rotatable bonds is 6. The molecule has 2 N–H and O–H groups in total. The highest BCUT2D eigenvalue weighted by Gasteiger charge is 2.13. The Morgan fingerprint density at radius 1 is 0.929 bits per heavy atom. The topological polar surface area (TPSA) is 51.8 Å². The molecule has 0 saturated heterocycles. The lowest BCUT2D eigenvalue weighted by Gasteiger charge is -2.04. The summed E-state index contributed by atoms with van der Waals surface area (Å²) in [5.41, 5.74) is 8.73. The van der Waals surface area contributed by atoms with E-state index >= 15 is 0 Å². The van der Waals surface area contributed by atoms with E-state index in [1.54, 1.807) is 0 Å². The van der Waals surface area contributed by atoms with Gasteiger partial charge in [0.05, 0.1) is 5.56 Å². The van der Waals surface area contributed by atoms with E-state index in [1.165, 1.54) is 17.7 Å². The van der Waals surface area contributed by atoms with E-state index < -0.39 is 6.43 Å². The van der Waals surface area contributed by atoms with E-state index in [0.29, 0.717) is 6.42 Å². The largest absolute Gasteiger partial charge is 0.384 e. The smallest absolute Gasteiger partial charge is 0.281 e. The first-order valence-electron chi connectivity index (χ1n) is 9.13. The predicted octanol–water partition coefficient (Wildman–Crippen LogP) is 4.77. The zero-order valence-corrected chi connectivity index (χ0v) is 15.4. The Morgan fingerprint density at radius 2 is 1.71 bits per heavy atom. The molecule has 28 heavy (non-hydrogen) atoms. The molecular weight excluding hydrogens is 356 g/mol. The van der Waals surface area contributed by atoms with Crippen molar-refractivity contribution in [2.75, 3.05) is 5.73 Å². The highest BCUT2D eigenvalue weighted by molar-refractivity contribution is 5.44. The van der Waals surface area contributed by atoms with Crippen LogP contribution in [-0.2, 0) is 19.3 Å².